The maximum Gasteiger partial charge on any atom is 0.251 e. The highest BCUT2D eigenvalue weighted by atomic mass is 32.2. The van der Waals surface area contributed by atoms with E-state index in [9.17, 15) is 13.2 Å². The first-order valence-corrected chi connectivity index (χ1v) is 8.99. The van der Waals surface area contributed by atoms with Crippen molar-refractivity contribution in [1.29, 1.82) is 0 Å². The molecule has 0 unspecified atom stereocenters. The van der Waals surface area contributed by atoms with E-state index in [1.54, 1.807) is 12.1 Å². The minimum absolute atomic E-state index is 0.0426. The fraction of sp³-hybridized carbons (Fsp3) is 0.533. The van der Waals surface area contributed by atoms with Crippen molar-refractivity contribution in [3.63, 3.8) is 0 Å². The van der Waals surface area contributed by atoms with Gasteiger partial charge in [-0.2, -0.15) is 0 Å². The van der Waals surface area contributed by atoms with Gasteiger partial charge in [0.1, 0.15) is 0 Å². The fourth-order valence-corrected chi connectivity index (χ4v) is 3.27. The molecule has 1 aliphatic carbocycles. The number of sulfonamides is 1. The second-order valence-corrected chi connectivity index (χ2v) is 6.94. The lowest BCUT2D eigenvalue weighted by molar-refractivity contribution is 0.0944. The molecule has 0 heterocycles. The van der Waals surface area contributed by atoms with E-state index in [1.165, 1.54) is 12.1 Å². The number of rotatable bonds is 9. The molecular weight excluding hydrogens is 304 g/mol. The number of carbonyl (C=O) groups excluding carboxylic acids is 1. The summed E-state index contributed by atoms with van der Waals surface area (Å²) in [5, 5.41) is 2.76. The first-order valence-electron chi connectivity index (χ1n) is 7.51. The van der Waals surface area contributed by atoms with E-state index in [4.69, 9.17) is 4.74 Å². The lowest BCUT2D eigenvalue weighted by Gasteiger charge is -2.08. The molecule has 0 radical (unpaired) electrons. The van der Waals surface area contributed by atoms with Crippen LogP contribution in [0, 0.1) is 0 Å². The van der Waals surface area contributed by atoms with Gasteiger partial charge in [0.15, 0.2) is 0 Å². The highest BCUT2D eigenvalue weighted by Gasteiger charge is 2.28. The van der Waals surface area contributed by atoms with Crippen molar-refractivity contribution >= 4 is 15.9 Å². The minimum Gasteiger partial charge on any atom is -0.382 e. The third kappa shape index (κ3) is 5.08. The molecule has 1 aliphatic rings. The predicted molar refractivity (Wildman–Crippen MR) is 83.2 cm³/mol. The SMILES string of the molecule is CCOCCCNC(=O)c1cccc(S(=O)(=O)NC2CC2)c1. The molecule has 1 aromatic carbocycles. The number of amides is 1. The molecule has 6 nitrogen and oxygen atoms in total. The van der Waals surface area contributed by atoms with Crippen LogP contribution in [0.5, 0.6) is 0 Å². The summed E-state index contributed by atoms with van der Waals surface area (Å²) in [6.45, 7) is 3.66. The highest BCUT2D eigenvalue weighted by Crippen LogP contribution is 2.22. The van der Waals surface area contributed by atoms with Crippen molar-refractivity contribution in [1.82, 2.24) is 10.0 Å². The van der Waals surface area contributed by atoms with Crippen molar-refractivity contribution in [3.8, 4) is 0 Å². The molecule has 1 fully saturated rings. The Morgan fingerprint density at radius 3 is 2.82 bits per heavy atom. The monoisotopic (exact) mass is 326 g/mol. The van der Waals surface area contributed by atoms with Crippen molar-refractivity contribution in [2.45, 2.75) is 37.1 Å². The average molecular weight is 326 g/mol. The number of benzene rings is 1. The Bertz CT molecular complexity index is 612. The molecule has 0 atom stereocenters. The summed E-state index contributed by atoms with van der Waals surface area (Å²) in [5.41, 5.74) is 0.343. The summed E-state index contributed by atoms with van der Waals surface area (Å²) in [5.74, 6) is -0.278. The van der Waals surface area contributed by atoms with Gasteiger partial charge in [-0.3, -0.25) is 4.79 Å². The van der Waals surface area contributed by atoms with Gasteiger partial charge in [0.05, 0.1) is 4.90 Å². The summed E-state index contributed by atoms with van der Waals surface area (Å²) in [7, 11) is -3.54. The van der Waals surface area contributed by atoms with Crippen LogP contribution in [0.25, 0.3) is 0 Å². The lowest BCUT2D eigenvalue weighted by Crippen LogP contribution is -2.27. The zero-order valence-electron chi connectivity index (χ0n) is 12.7. The topological polar surface area (TPSA) is 84.5 Å². The van der Waals surface area contributed by atoms with E-state index in [0.717, 1.165) is 19.3 Å². The Morgan fingerprint density at radius 2 is 2.14 bits per heavy atom. The Morgan fingerprint density at radius 1 is 1.36 bits per heavy atom. The minimum atomic E-state index is -3.54. The van der Waals surface area contributed by atoms with Crippen LogP contribution < -0.4 is 10.0 Å². The normalized spacial score (nSPS) is 14.8. The van der Waals surface area contributed by atoms with Gasteiger partial charge in [0, 0.05) is 31.4 Å². The predicted octanol–water partition coefficient (Wildman–Crippen LogP) is 1.28. The molecule has 0 aromatic heterocycles. The van der Waals surface area contributed by atoms with Crippen LogP contribution in [0.1, 0.15) is 36.5 Å². The summed E-state index contributed by atoms with van der Waals surface area (Å²) in [4.78, 5) is 12.2. The summed E-state index contributed by atoms with van der Waals surface area (Å²) in [6, 6.07) is 6.13. The van der Waals surface area contributed by atoms with Gasteiger partial charge in [-0.25, -0.2) is 13.1 Å². The Balaban J connectivity index is 1.94. The Kier molecular flexibility index (Phi) is 5.93. The zero-order valence-corrected chi connectivity index (χ0v) is 13.5. The maximum absolute atomic E-state index is 12.1. The fourth-order valence-electron chi connectivity index (χ4n) is 1.92. The molecule has 0 spiro atoms. The van der Waals surface area contributed by atoms with Crippen LogP contribution in [-0.4, -0.2) is 40.1 Å². The molecule has 2 N–H and O–H groups in total. The van der Waals surface area contributed by atoms with Crippen LogP contribution in [0.3, 0.4) is 0 Å². The van der Waals surface area contributed by atoms with Crippen LogP contribution in [0.15, 0.2) is 29.2 Å². The third-order valence-electron chi connectivity index (χ3n) is 3.26. The largest absolute Gasteiger partial charge is 0.382 e. The van der Waals surface area contributed by atoms with Gasteiger partial charge in [0.2, 0.25) is 10.0 Å². The first kappa shape index (κ1) is 16.9. The summed E-state index contributed by atoms with van der Waals surface area (Å²) >= 11 is 0. The molecule has 0 aliphatic heterocycles. The second kappa shape index (κ2) is 7.71. The molecule has 22 heavy (non-hydrogen) atoms. The molecule has 7 heteroatoms. The number of ether oxygens (including phenoxy) is 1. The van der Waals surface area contributed by atoms with E-state index in [1.807, 2.05) is 6.92 Å². The number of nitrogens with one attached hydrogen (secondary N) is 2. The van der Waals surface area contributed by atoms with Crippen LogP contribution in [0.2, 0.25) is 0 Å². The van der Waals surface area contributed by atoms with Crippen LogP contribution in [-0.2, 0) is 14.8 Å². The van der Waals surface area contributed by atoms with E-state index >= 15 is 0 Å². The van der Waals surface area contributed by atoms with Gasteiger partial charge in [-0.15, -0.1) is 0 Å². The first-order chi connectivity index (χ1) is 10.5. The van der Waals surface area contributed by atoms with Crippen LogP contribution in [0.4, 0.5) is 0 Å². The quantitative estimate of drug-likeness (QED) is 0.670. The van der Waals surface area contributed by atoms with Gasteiger partial charge in [-0.05, 0) is 44.4 Å². The number of hydrogen-bond acceptors (Lipinski definition) is 4. The van der Waals surface area contributed by atoms with Crippen molar-refractivity contribution in [2.75, 3.05) is 19.8 Å². The van der Waals surface area contributed by atoms with E-state index in [-0.39, 0.29) is 16.8 Å². The molecule has 0 bridgehead atoms. The summed E-state index contributed by atoms with van der Waals surface area (Å²) in [6.07, 6.45) is 2.47. The van der Waals surface area contributed by atoms with Crippen molar-refractivity contribution in [2.24, 2.45) is 0 Å². The molecule has 1 saturated carbocycles. The lowest BCUT2D eigenvalue weighted by atomic mass is 10.2. The average Bonchev–Trinajstić information content (AvgIpc) is 3.30. The van der Waals surface area contributed by atoms with E-state index in [0.29, 0.717) is 25.3 Å². The van der Waals surface area contributed by atoms with Gasteiger partial charge in [-0.1, -0.05) is 6.07 Å². The molecule has 0 saturated heterocycles. The Labute approximate surface area is 131 Å². The van der Waals surface area contributed by atoms with E-state index in [2.05, 4.69) is 10.0 Å². The standard InChI is InChI=1S/C15H22N2O4S/c1-2-21-10-4-9-16-15(18)12-5-3-6-14(11-12)22(19,20)17-13-7-8-13/h3,5-6,11,13,17H,2,4,7-10H2,1H3,(H,16,18). The van der Waals surface area contributed by atoms with Gasteiger partial charge >= 0.3 is 0 Å². The molecule has 1 aromatic rings. The summed E-state index contributed by atoms with van der Waals surface area (Å²) < 4.78 is 32.1. The molecule has 122 valence electrons. The zero-order chi connectivity index (χ0) is 16.0. The molecule has 2 rings (SSSR count). The van der Waals surface area contributed by atoms with Crippen molar-refractivity contribution < 1.29 is 17.9 Å². The van der Waals surface area contributed by atoms with E-state index < -0.39 is 10.0 Å². The van der Waals surface area contributed by atoms with Gasteiger partial charge in [0.25, 0.3) is 5.91 Å². The molecule has 1 amide bonds. The maximum atomic E-state index is 12.1. The second-order valence-electron chi connectivity index (χ2n) is 5.23. The Hall–Kier alpha value is -1.44. The van der Waals surface area contributed by atoms with Crippen molar-refractivity contribution in [3.05, 3.63) is 29.8 Å². The molecular formula is C15H22N2O4S. The van der Waals surface area contributed by atoms with Crippen LogP contribution >= 0.6 is 0 Å². The number of carbonyl (C=O) groups is 1. The smallest absolute Gasteiger partial charge is 0.251 e. The number of hydrogen-bond donors (Lipinski definition) is 2. The third-order valence-corrected chi connectivity index (χ3v) is 4.78. The van der Waals surface area contributed by atoms with Gasteiger partial charge < -0.3 is 10.1 Å². The highest BCUT2D eigenvalue weighted by molar-refractivity contribution is 7.89.